The van der Waals surface area contributed by atoms with Crippen LogP contribution in [0.3, 0.4) is 0 Å². The van der Waals surface area contributed by atoms with Crippen LogP contribution in [0, 0.1) is 6.92 Å². The van der Waals surface area contributed by atoms with Crippen molar-refractivity contribution >= 4 is 17.4 Å². The molecule has 198 valence electrons. The highest BCUT2D eigenvalue weighted by atomic mass is 16.5. The van der Waals surface area contributed by atoms with Gasteiger partial charge in [-0.1, -0.05) is 42.5 Å². The number of aliphatic hydroxyl groups excluding tert-OH is 1. The van der Waals surface area contributed by atoms with Gasteiger partial charge in [0.2, 0.25) is 0 Å². The predicted octanol–water partition coefficient (Wildman–Crippen LogP) is 4.96. The van der Waals surface area contributed by atoms with Crippen molar-refractivity contribution in [1.29, 1.82) is 0 Å². The van der Waals surface area contributed by atoms with E-state index in [4.69, 9.17) is 9.47 Å². The lowest BCUT2D eigenvalue weighted by molar-refractivity contribution is -0.140. The molecule has 1 aliphatic rings. The summed E-state index contributed by atoms with van der Waals surface area (Å²) in [7, 11) is 3.82. The van der Waals surface area contributed by atoms with Gasteiger partial charge < -0.3 is 24.4 Å². The molecule has 3 aromatic carbocycles. The molecule has 0 spiro atoms. The first kappa shape index (κ1) is 26.9. The van der Waals surface area contributed by atoms with E-state index < -0.39 is 17.7 Å². The number of aliphatic hydroxyl groups is 1. The van der Waals surface area contributed by atoms with E-state index in [0.717, 1.165) is 16.7 Å². The zero-order chi connectivity index (χ0) is 27.2. The molecule has 1 aliphatic heterocycles. The van der Waals surface area contributed by atoms with E-state index in [1.165, 1.54) is 4.90 Å². The highest BCUT2D eigenvalue weighted by Gasteiger charge is 2.45. The highest BCUT2D eigenvalue weighted by molar-refractivity contribution is 6.46. The third-order valence-corrected chi connectivity index (χ3v) is 6.52. The zero-order valence-electron chi connectivity index (χ0n) is 22.3. The number of likely N-dealkylation sites (tertiary alicyclic amines) is 1. The summed E-state index contributed by atoms with van der Waals surface area (Å²) in [5, 5.41) is 11.4. The second kappa shape index (κ2) is 12.0. The van der Waals surface area contributed by atoms with Crippen LogP contribution >= 0.6 is 0 Å². The number of benzene rings is 3. The van der Waals surface area contributed by atoms with Crippen molar-refractivity contribution in [2.75, 3.05) is 33.8 Å². The summed E-state index contributed by atoms with van der Waals surface area (Å²) >= 11 is 0. The minimum Gasteiger partial charge on any atom is -0.507 e. The third kappa shape index (κ3) is 5.89. The van der Waals surface area contributed by atoms with E-state index in [1.54, 1.807) is 18.2 Å². The molecule has 0 aromatic heterocycles. The van der Waals surface area contributed by atoms with E-state index >= 15 is 0 Å². The summed E-state index contributed by atoms with van der Waals surface area (Å²) in [6.45, 7) is 5.66. The number of hydrogen-bond acceptors (Lipinski definition) is 6. The standard InChI is InChI=1S/C31H34N2O5/c1-5-37-25-14-11-23(12-15-25)28-27(30(35)31(36)33(28)18-17-32(3)4)29(34)24-13-16-26(21(2)19-24)38-20-22-9-7-6-8-10-22/h6-16,19,28,34H,5,17-18,20H2,1-4H3/t28-/m1/s1. The maximum absolute atomic E-state index is 13.3. The van der Waals surface area contributed by atoms with Gasteiger partial charge in [-0.25, -0.2) is 0 Å². The molecule has 1 atom stereocenters. The summed E-state index contributed by atoms with van der Waals surface area (Å²) in [5.41, 5.74) is 3.12. The number of Topliss-reactive ketones (excluding diaryl/α,β-unsaturated/α-hetero) is 1. The number of carbonyl (C=O) groups excluding carboxylic acids is 2. The lowest BCUT2D eigenvalue weighted by Crippen LogP contribution is -2.35. The summed E-state index contributed by atoms with van der Waals surface area (Å²) < 4.78 is 11.5. The molecule has 0 saturated carbocycles. The highest BCUT2D eigenvalue weighted by Crippen LogP contribution is 2.40. The molecule has 0 unspecified atom stereocenters. The SMILES string of the molecule is CCOc1ccc([C@@H]2C(=C(O)c3ccc(OCc4ccccc4)c(C)c3)C(=O)C(=O)N2CCN(C)C)cc1. The average Bonchev–Trinajstić information content (AvgIpc) is 3.17. The van der Waals surface area contributed by atoms with Crippen molar-refractivity contribution in [1.82, 2.24) is 9.80 Å². The molecule has 1 N–H and O–H groups in total. The Labute approximate surface area is 223 Å². The van der Waals surface area contributed by atoms with Gasteiger partial charge in [0.25, 0.3) is 11.7 Å². The molecular weight excluding hydrogens is 480 g/mol. The number of likely N-dealkylation sites (N-methyl/N-ethyl adjacent to an activating group) is 1. The average molecular weight is 515 g/mol. The van der Waals surface area contributed by atoms with Crippen molar-refractivity contribution in [2.45, 2.75) is 26.5 Å². The van der Waals surface area contributed by atoms with Gasteiger partial charge in [-0.2, -0.15) is 0 Å². The van der Waals surface area contributed by atoms with Crippen molar-refractivity contribution in [3.8, 4) is 11.5 Å². The maximum atomic E-state index is 13.3. The number of ketones is 1. The fourth-order valence-electron chi connectivity index (χ4n) is 4.53. The maximum Gasteiger partial charge on any atom is 0.295 e. The normalized spacial score (nSPS) is 16.8. The van der Waals surface area contributed by atoms with Crippen LogP contribution in [-0.4, -0.2) is 60.4 Å². The fourth-order valence-corrected chi connectivity index (χ4v) is 4.53. The Hall–Kier alpha value is -4.10. The van der Waals surface area contributed by atoms with Gasteiger partial charge in [0.05, 0.1) is 18.2 Å². The van der Waals surface area contributed by atoms with E-state index in [2.05, 4.69) is 0 Å². The van der Waals surface area contributed by atoms with Crippen LogP contribution in [0.2, 0.25) is 0 Å². The van der Waals surface area contributed by atoms with Crippen molar-refractivity contribution in [3.63, 3.8) is 0 Å². The number of carbonyl (C=O) groups is 2. The second-order valence-corrected chi connectivity index (χ2v) is 9.55. The molecule has 3 aromatic rings. The Morgan fingerprint density at radius 1 is 0.974 bits per heavy atom. The first-order valence-corrected chi connectivity index (χ1v) is 12.7. The Bertz CT molecular complexity index is 1320. The molecule has 1 fully saturated rings. The Balaban J connectivity index is 1.69. The molecule has 7 heteroatoms. The van der Waals surface area contributed by atoms with Crippen LogP contribution in [0.15, 0.2) is 78.4 Å². The van der Waals surface area contributed by atoms with Crippen molar-refractivity contribution in [2.24, 2.45) is 0 Å². The second-order valence-electron chi connectivity index (χ2n) is 9.55. The molecule has 0 bridgehead atoms. The number of hydrogen-bond donors (Lipinski definition) is 1. The number of aryl methyl sites for hydroxylation is 1. The van der Waals surface area contributed by atoms with Crippen LogP contribution in [0.4, 0.5) is 0 Å². The molecule has 1 amide bonds. The molecule has 1 saturated heterocycles. The fraction of sp³-hybridized carbons (Fsp3) is 0.290. The van der Waals surface area contributed by atoms with Gasteiger partial charge in [0.15, 0.2) is 0 Å². The van der Waals surface area contributed by atoms with Crippen molar-refractivity contribution in [3.05, 3.63) is 101 Å². The number of nitrogens with zero attached hydrogens (tertiary/aromatic N) is 2. The van der Waals surface area contributed by atoms with Crippen LogP contribution in [-0.2, 0) is 16.2 Å². The summed E-state index contributed by atoms with van der Waals surface area (Å²) in [5.74, 6) is -0.135. The van der Waals surface area contributed by atoms with Gasteiger partial charge in [-0.3, -0.25) is 9.59 Å². The summed E-state index contributed by atoms with van der Waals surface area (Å²) in [6.07, 6.45) is 0. The van der Waals surface area contributed by atoms with E-state index in [-0.39, 0.29) is 11.3 Å². The monoisotopic (exact) mass is 514 g/mol. The molecule has 7 nitrogen and oxygen atoms in total. The van der Waals surface area contributed by atoms with Gasteiger partial charge in [0.1, 0.15) is 23.9 Å². The summed E-state index contributed by atoms with van der Waals surface area (Å²) in [6, 6.07) is 21.7. The van der Waals surface area contributed by atoms with Crippen LogP contribution < -0.4 is 9.47 Å². The Morgan fingerprint density at radius 2 is 1.68 bits per heavy atom. The smallest absolute Gasteiger partial charge is 0.295 e. The minimum atomic E-state index is -0.708. The lowest BCUT2D eigenvalue weighted by Gasteiger charge is -2.26. The largest absolute Gasteiger partial charge is 0.507 e. The third-order valence-electron chi connectivity index (χ3n) is 6.52. The van der Waals surface area contributed by atoms with Crippen LogP contribution in [0.5, 0.6) is 11.5 Å². The first-order valence-electron chi connectivity index (χ1n) is 12.7. The molecular formula is C31H34N2O5. The lowest BCUT2D eigenvalue weighted by atomic mass is 9.94. The Kier molecular flexibility index (Phi) is 8.48. The molecule has 4 rings (SSSR count). The number of amides is 1. The zero-order valence-corrected chi connectivity index (χ0v) is 22.3. The minimum absolute atomic E-state index is 0.0790. The van der Waals surface area contributed by atoms with Gasteiger partial charge in [-0.15, -0.1) is 0 Å². The van der Waals surface area contributed by atoms with E-state index in [0.29, 0.717) is 43.4 Å². The number of ether oxygens (including phenoxy) is 2. The molecule has 38 heavy (non-hydrogen) atoms. The quantitative estimate of drug-likeness (QED) is 0.234. The topological polar surface area (TPSA) is 79.3 Å². The van der Waals surface area contributed by atoms with Gasteiger partial charge >= 0.3 is 0 Å². The Morgan fingerprint density at radius 3 is 2.32 bits per heavy atom. The number of rotatable bonds is 10. The van der Waals surface area contributed by atoms with Crippen molar-refractivity contribution < 1.29 is 24.2 Å². The van der Waals surface area contributed by atoms with Crippen LogP contribution in [0.1, 0.15) is 35.2 Å². The molecule has 0 radical (unpaired) electrons. The molecule has 1 heterocycles. The first-order chi connectivity index (χ1) is 18.3. The van der Waals surface area contributed by atoms with Gasteiger partial charge in [0, 0.05) is 18.7 Å². The van der Waals surface area contributed by atoms with E-state index in [9.17, 15) is 14.7 Å². The summed E-state index contributed by atoms with van der Waals surface area (Å²) in [4.78, 5) is 29.9. The predicted molar refractivity (Wildman–Crippen MR) is 147 cm³/mol. The molecule has 0 aliphatic carbocycles. The van der Waals surface area contributed by atoms with Crippen LogP contribution in [0.25, 0.3) is 5.76 Å². The van der Waals surface area contributed by atoms with Gasteiger partial charge in [-0.05, 0) is 75.0 Å². The van der Waals surface area contributed by atoms with E-state index in [1.807, 2.05) is 87.4 Å².